The molecule has 0 N–H and O–H groups in total. The summed E-state index contributed by atoms with van der Waals surface area (Å²) < 4.78 is 4.43. The number of aromatic nitrogens is 3. The van der Waals surface area contributed by atoms with Crippen LogP contribution in [-0.2, 0) is 0 Å². The van der Waals surface area contributed by atoms with Gasteiger partial charge in [-0.1, -0.05) is 103 Å². The number of rotatable bonds is 4. The molecular formula is C43H25N5. The first-order chi connectivity index (χ1) is 23.8. The second-order valence-electron chi connectivity index (χ2n) is 11.8. The molecule has 3 aromatic heterocycles. The van der Waals surface area contributed by atoms with E-state index in [0.717, 1.165) is 77.2 Å². The van der Waals surface area contributed by atoms with E-state index in [9.17, 15) is 10.5 Å². The van der Waals surface area contributed by atoms with Crippen molar-refractivity contribution < 1.29 is 0 Å². The normalized spacial score (nSPS) is 11.3. The molecule has 0 saturated carbocycles. The van der Waals surface area contributed by atoms with E-state index in [1.807, 2.05) is 72.9 Å². The molecular weight excluding hydrogens is 587 g/mol. The van der Waals surface area contributed by atoms with Crippen LogP contribution in [0.15, 0.2) is 152 Å². The summed E-state index contributed by atoms with van der Waals surface area (Å²) in [6, 6.07) is 52.1. The molecule has 0 fully saturated rings. The molecule has 0 bridgehead atoms. The minimum atomic E-state index is 0.518. The highest BCUT2D eigenvalue weighted by Gasteiger charge is 2.23. The van der Waals surface area contributed by atoms with Gasteiger partial charge in [0.1, 0.15) is 12.1 Å². The van der Waals surface area contributed by atoms with Gasteiger partial charge in [0.25, 0.3) is 0 Å². The SMILES string of the molecule is N#Cc1cccc(-c2cccc(-c3cnccc3-n3c4ccccc4c4ccccc43)c2C#N)c1-n1c2ccccc2c2ccccc21. The third-order valence-electron chi connectivity index (χ3n) is 9.34. The van der Waals surface area contributed by atoms with Crippen LogP contribution in [0.1, 0.15) is 11.1 Å². The molecule has 0 aliphatic rings. The smallest absolute Gasteiger partial charge is 0.101 e. The van der Waals surface area contributed by atoms with E-state index in [1.165, 1.54) is 0 Å². The van der Waals surface area contributed by atoms with Gasteiger partial charge in [-0.2, -0.15) is 10.5 Å². The van der Waals surface area contributed by atoms with E-state index in [0.29, 0.717) is 11.1 Å². The summed E-state index contributed by atoms with van der Waals surface area (Å²) in [6.07, 6.45) is 3.65. The lowest BCUT2D eigenvalue weighted by Crippen LogP contribution is -2.03. The van der Waals surface area contributed by atoms with Gasteiger partial charge in [0, 0.05) is 56.2 Å². The van der Waals surface area contributed by atoms with Crippen LogP contribution in [0.3, 0.4) is 0 Å². The van der Waals surface area contributed by atoms with Crippen LogP contribution >= 0.6 is 0 Å². The molecule has 0 spiro atoms. The molecule has 6 aromatic carbocycles. The van der Waals surface area contributed by atoms with Gasteiger partial charge in [-0.05, 0) is 36.4 Å². The second-order valence-corrected chi connectivity index (χ2v) is 11.8. The minimum Gasteiger partial charge on any atom is -0.309 e. The van der Waals surface area contributed by atoms with E-state index >= 15 is 0 Å². The van der Waals surface area contributed by atoms with E-state index in [1.54, 1.807) is 6.20 Å². The first-order valence-electron chi connectivity index (χ1n) is 15.8. The molecule has 3 heterocycles. The van der Waals surface area contributed by atoms with E-state index in [2.05, 4.69) is 99.1 Å². The van der Waals surface area contributed by atoms with Crippen molar-refractivity contribution in [3.63, 3.8) is 0 Å². The fourth-order valence-corrected chi connectivity index (χ4v) is 7.35. The van der Waals surface area contributed by atoms with Gasteiger partial charge in [0.05, 0.1) is 44.6 Å². The summed E-state index contributed by atoms with van der Waals surface area (Å²) >= 11 is 0. The fraction of sp³-hybridized carbons (Fsp3) is 0. The van der Waals surface area contributed by atoms with Crippen LogP contribution in [0.2, 0.25) is 0 Å². The van der Waals surface area contributed by atoms with Crippen LogP contribution in [0.25, 0.3) is 77.2 Å². The lowest BCUT2D eigenvalue weighted by molar-refractivity contribution is 1.16. The Hall–Kier alpha value is -6.95. The number of fused-ring (bicyclic) bond motifs is 6. The monoisotopic (exact) mass is 611 g/mol. The summed E-state index contributed by atoms with van der Waals surface area (Å²) in [6.45, 7) is 0. The predicted octanol–water partition coefficient (Wildman–Crippen LogP) is 10.4. The molecule has 9 aromatic rings. The Bertz CT molecular complexity index is 2710. The minimum absolute atomic E-state index is 0.518. The highest BCUT2D eigenvalue weighted by atomic mass is 15.0. The summed E-state index contributed by atoms with van der Waals surface area (Å²) in [5.41, 5.74) is 10.1. The van der Waals surface area contributed by atoms with Gasteiger partial charge in [-0.15, -0.1) is 0 Å². The Balaban J connectivity index is 1.34. The van der Waals surface area contributed by atoms with Crippen LogP contribution in [0, 0.1) is 22.7 Å². The Kier molecular flexibility index (Phi) is 6.18. The molecule has 5 heteroatoms. The number of hydrogen-bond acceptors (Lipinski definition) is 3. The maximum Gasteiger partial charge on any atom is 0.101 e. The quantitative estimate of drug-likeness (QED) is 0.199. The molecule has 0 amide bonds. The van der Waals surface area contributed by atoms with Gasteiger partial charge in [-0.25, -0.2) is 0 Å². The van der Waals surface area contributed by atoms with Crippen LogP contribution in [-0.4, -0.2) is 14.1 Å². The zero-order valence-corrected chi connectivity index (χ0v) is 25.7. The Morgan fingerprint density at radius 2 is 0.917 bits per heavy atom. The highest BCUT2D eigenvalue weighted by molar-refractivity contribution is 6.11. The second kappa shape index (κ2) is 10.8. The molecule has 48 heavy (non-hydrogen) atoms. The molecule has 0 atom stereocenters. The van der Waals surface area contributed by atoms with Crippen molar-refractivity contribution in [1.82, 2.24) is 14.1 Å². The summed E-state index contributed by atoms with van der Waals surface area (Å²) in [5.74, 6) is 0. The zero-order chi connectivity index (χ0) is 32.2. The highest BCUT2D eigenvalue weighted by Crippen LogP contribution is 2.42. The lowest BCUT2D eigenvalue weighted by Gasteiger charge is -2.19. The molecule has 5 nitrogen and oxygen atoms in total. The van der Waals surface area contributed by atoms with E-state index in [4.69, 9.17) is 0 Å². The average molecular weight is 612 g/mol. The van der Waals surface area contributed by atoms with Crippen molar-refractivity contribution in [2.45, 2.75) is 0 Å². The Labute approximate surface area is 276 Å². The standard InChI is InChI=1S/C43H25N5/c44-25-28-11-9-18-35(43(28)48-40-21-7-3-14-33(40)34-15-4-8-22-41(34)48)29-16-10-17-30(36(29)26-45)37-27-46-24-23-42(37)47-38-19-5-1-12-31(38)32-13-2-6-20-39(32)47/h1-24,27H. The summed E-state index contributed by atoms with van der Waals surface area (Å²) in [5, 5.41) is 25.9. The van der Waals surface area contributed by atoms with Crippen molar-refractivity contribution in [3.8, 4) is 45.8 Å². The van der Waals surface area contributed by atoms with E-state index < -0.39 is 0 Å². The number of hydrogen-bond donors (Lipinski definition) is 0. The Morgan fingerprint density at radius 3 is 1.46 bits per heavy atom. The predicted molar refractivity (Wildman–Crippen MR) is 193 cm³/mol. The van der Waals surface area contributed by atoms with Crippen molar-refractivity contribution in [1.29, 1.82) is 10.5 Å². The van der Waals surface area contributed by atoms with Gasteiger partial charge in [0.2, 0.25) is 0 Å². The largest absolute Gasteiger partial charge is 0.309 e. The molecule has 0 aliphatic heterocycles. The van der Waals surface area contributed by atoms with Crippen molar-refractivity contribution >= 4 is 43.6 Å². The first-order valence-corrected chi connectivity index (χ1v) is 15.8. The number of para-hydroxylation sites is 5. The van der Waals surface area contributed by atoms with Crippen molar-refractivity contribution in [3.05, 3.63) is 163 Å². The fourth-order valence-electron chi connectivity index (χ4n) is 7.35. The molecule has 0 radical (unpaired) electrons. The molecule has 222 valence electrons. The van der Waals surface area contributed by atoms with Crippen LogP contribution in [0.4, 0.5) is 0 Å². The lowest BCUT2D eigenvalue weighted by atomic mass is 9.90. The molecule has 9 rings (SSSR count). The van der Waals surface area contributed by atoms with E-state index in [-0.39, 0.29) is 0 Å². The van der Waals surface area contributed by atoms with Gasteiger partial charge >= 0.3 is 0 Å². The third-order valence-corrected chi connectivity index (χ3v) is 9.34. The number of nitrogens with zero attached hydrogens (tertiary/aromatic N) is 5. The number of benzene rings is 6. The van der Waals surface area contributed by atoms with Crippen molar-refractivity contribution in [2.75, 3.05) is 0 Å². The maximum absolute atomic E-state index is 10.9. The summed E-state index contributed by atoms with van der Waals surface area (Å²) in [4.78, 5) is 4.55. The van der Waals surface area contributed by atoms with Crippen LogP contribution in [0.5, 0.6) is 0 Å². The number of pyridine rings is 1. The van der Waals surface area contributed by atoms with Crippen LogP contribution < -0.4 is 0 Å². The van der Waals surface area contributed by atoms with Crippen molar-refractivity contribution in [2.24, 2.45) is 0 Å². The number of nitriles is 2. The molecule has 0 aliphatic carbocycles. The topological polar surface area (TPSA) is 70.3 Å². The third kappa shape index (κ3) is 3.92. The average Bonchev–Trinajstić information content (AvgIpc) is 3.67. The van der Waals surface area contributed by atoms with Gasteiger partial charge < -0.3 is 9.13 Å². The maximum atomic E-state index is 10.9. The molecule has 0 saturated heterocycles. The van der Waals surface area contributed by atoms with Gasteiger partial charge in [0.15, 0.2) is 0 Å². The Morgan fingerprint density at radius 1 is 0.438 bits per heavy atom. The summed E-state index contributed by atoms with van der Waals surface area (Å²) in [7, 11) is 0. The zero-order valence-electron chi connectivity index (χ0n) is 25.7. The van der Waals surface area contributed by atoms with Gasteiger partial charge in [-0.3, -0.25) is 4.98 Å². The molecule has 0 unspecified atom stereocenters. The first kappa shape index (κ1) is 27.4.